The third-order valence-corrected chi connectivity index (χ3v) is 5.14. The zero-order valence-corrected chi connectivity index (χ0v) is 16.3. The number of aliphatic hydroxyl groups excluding tert-OH is 1. The molecular formula is C20H23F2N5O2. The van der Waals surface area contributed by atoms with Gasteiger partial charge in [0.2, 0.25) is 0 Å². The normalized spacial score (nSPS) is 16.6. The van der Waals surface area contributed by atoms with Crippen LogP contribution in [-0.4, -0.2) is 56.7 Å². The van der Waals surface area contributed by atoms with Crippen molar-refractivity contribution < 1.29 is 18.6 Å². The molecule has 0 bridgehead atoms. The molecule has 1 aromatic carbocycles. The lowest BCUT2D eigenvalue weighted by atomic mass is 9.94. The highest BCUT2D eigenvalue weighted by molar-refractivity contribution is 5.93. The minimum Gasteiger partial charge on any atom is -0.488 e. The zero-order chi connectivity index (χ0) is 20.6. The molecule has 0 radical (unpaired) electrons. The second-order valence-electron chi connectivity index (χ2n) is 7.62. The van der Waals surface area contributed by atoms with Crippen LogP contribution in [0, 0.1) is 5.82 Å². The fraction of sp³-hybridized carbons (Fsp3) is 0.450. The number of H-pyrrole nitrogens is 1. The second kappa shape index (κ2) is 7.55. The highest BCUT2D eigenvalue weighted by Crippen LogP contribution is 2.33. The molecule has 0 saturated carbocycles. The van der Waals surface area contributed by atoms with E-state index in [1.165, 1.54) is 12.4 Å². The van der Waals surface area contributed by atoms with Gasteiger partial charge in [-0.3, -0.25) is 5.10 Å². The Kier molecular flexibility index (Phi) is 5.08. The van der Waals surface area contributed by atoms with E-state index in [2.05, 4.69) is 20.2 Å². The molecule has 4 rings (SSSR count). The molecule has 0 unspecified atom stereocenters. The standard InChI is InChI=1S/C20H23F2N5O2/c1-12(2)29-17-7-13-15(8-14(17)21)25-26-19(13)16-9-18(24-11-23-16)27-5-3-20(22,10-28)4-6-27/h7-9,11-12,28H,3-6,10H2,1-2H3,(H,25,26). The molecule has 0 aliphatic carbocycles. The van der Waals surface area contributed by atoms with E-state index < -0.39 is 18.1 Å². The molecule has 3 aromatic rings. The van der Waals surface area contributed by atoms with Gasteiger partial charge in [-0.2, -0.15) is 5.10 Å². The first kappa shape index (κ1) is 19.5. The van der Waals surface area contributed by atoms with Crippen LogP contribution in [0.1, 0.15) is 26.7 Å². The van der Waals surface area contributed by atoms with Crippen LogP contribution in [0.25, 0.3) is 22.3 Å². The summed E-state index contributed by atoms with van der Waals surface area (Å²) < 4.78 is 34.0. The number of nitrogens with one attached hydrogen (secondary N) is 1. The van der Waals surface area contributed by atoms with Gasteiger partial charge >= 0.3 is 0 Å². The van der Waals surface area contributed by atoms with Gasteiger partial charge in [0, 0.05) is 43.5 Å². The van der Waals surface area contributed by atoms with Gasteiger partial charge in [-0.05, 0) is 19.9 Å². The molecule has 1 aliphatic rings. The summed E-state index contributed by atoms with van der Waals surface area (Å²) in [6, 6.07) is 4.75. The number of aromatic nitrogens is 4. The maximum absolute atomic E-state index is 14.3. The Bertz CT molecular complexity index is 1020. The molecular weight excluding hydrogens is 380 g/mol. The first-order valence-electron chi connectivity index (χ1n) is 9.60. The van der Waals surface area contributed by atoms with Gasteiger partial charge in [0.05, 0.1) is 23.9 Å². The lowest BCUT2D eigenvalue weighted by Crippen LogP contribution is -2.44. The number of aliphatic hydroxyl groups is 1. The molecule has 1 fully saturated rings. The fourth-order valence-corrected chi connectivity index (χ4v) is 3.50. The van der Waals surface area contributed by atoms with E-state index >= 15 is 0 Å². The molecule has 29 heavy (non-hydrogen) atoms. The number of aromatic amines is 1. The van der Waals surface area contributed by atoms with Crippen molar-refractivity contribution in [2.24, 2.45) is 0 Å². The number of piperidine rings is 1. The lowest BCUT2D eigenvalue weighted by Gasteiger charge is -2.35. The Labute approximate surface area is 166 Å². The number of fused-ring (bicyclic) bond motifs is 1. The molecule has 3 heterocycles. The van der Waals surface area contributed by atoms with E-state index in [4.69, 9.17) is 4.74 Å². The molecule has 0 spiro atoms. The Morgan fingerprint density at radius 1 is 1.24 bits per heavy atom. The average molecular weight is 403 g/mol. The number of benzene rings is 1. The molecule has 0 atom stereocenters. The van der Waals surface area contributed by atoms with Crippen molar-refractivity contribution >= 4 is 16.7 Å². The summed E-state index contributed by atoms with van der Waals surface area (Å²) in [5.41, 5.74) is 0.144. The highest BCUT2D eigenvalue weighted by Gasteiger charge is 2.34. The summed E-state index contributed by atoms with van der Waals surface area (Å²) in [6.45, 7) is 4.10. The average Bonchev–Trinajstić information content (AvgIpc) is 3.11. The van der Waals surface area contributed by atoms with Crippen molar-refractivity contribution in [1.82, 2.24) is 20.2 Å². The third-order valence-electron chi connectivity index (χ3n) is 5.14. The van der Waals surface area contributed by atoms with Gasteiger partial charge < -0.3 is 14.7 Å². The largest absolute Gasteiger partial charge is 0.488 e. The van der Waals surface area contributed by atoms with Crippen molar-refractivity contribution in [3.05, 3.63) is 30.3 Å². The molecule has 2 aromatic heterocycles. The number of hydrogen-bond acceptors (Lipinski definition) is 6. The van der Waals surface area contributed by atoms with Crippen molar-refractivity contribution in [3.63, 3.8) is 0 Å². The number of halogens is 2. The maximum atomic E-state index is 14.3. The van der Waals surface area contributed by atoms with Crippen molar-refractivity contribution in [1.29, 1.82) is 0 Å². The van der Waals surface area contributed by atoms with Gasteiger partial charge in [0.1, 0.15) is 23.5 Å². The number of rotatable bonds is 5. The summed E-state index contributed by atoms with van der Waals surface area (Å²) in [5.74, 6) is 0.354. The number of nitrogens with zero attached hydrogens (tertiary/aromatic N) is 4. The predicted molar refractivity (Wildman–Crippen MR) is 105 cm³/mol. The third kappa shape index (κ3) is 3.87. The van der Waals surface area contributed by atoms with E-state index in [0.29, 0.717) is 41.2 Å². The number of ether oxygens (including phenoxy) is 1. The maximum Gasteiger partial charge on any atom is 0.167 e. The quantitative estimate of drug-likeness (QED) is 0.680. The second-order valence-corrected chi connectivity index (χ2v) is 7.62. The molecule has 7 nitrogen and oxygen atoms in total. The van der Waals surface area contributed by atoms with Crippen LogP contribution >= 0.6 is 0 Å². The molecule has 9 heteroatoms. The van der Waals surface area contributed by atoms with Gasteiger partial charge in [0.25, 0.3) is 0 Å². The van der Waals surface area contributed by atoms with E-state index in [1.807, 2.05) is 18.7 Å². The van der Waals surface area contributed by atoms with E-state index in [1.54, 1.807) is 12.1 Å². The molecule has 2 N–H and O–H groups in total. The van der Waals surface area contributed by atoms with Crippen molar-refractivity contribution in [2.45, 2.75) is 38.5 Å². The Hall–Kier alpha value is -2.81. The summed E-state index contributed by atoms with van der Waals surface area (Å²) in [7, 11) is 0. The minimum atomic E-state index is -1.53. The van der Waals surface area contributed by atoms with E-state index in [-0.39, 0.29) is 24.7 Å². The number of hydrogen-bond donors (Lipinski definition) is 2. The summed E-state index contributed by atoms with van der Waals surface area (Å²) in [4.78, 5) is 10.6. The summed E-state index contributed by atoms with van der Waals surface area (Å²) in [6.07, 6.45) is 1.75. The van der Waals surface area contributed by atoms with E-state index in [0.717, 1.165) is 0 Å². The summed E-state index contributed by atoms with van der Waals surface area (Å²) >= 11 is 0. The molecule has 0 amide bonds. The van der Waals surface area contributed by atoms with Crippen LogP contribution in [-0.2, 0) is 0 Å². The lowest BCUT2D eigenvalue weighted by molar-refractivity contribution is 0.0480. The number of alkyl halides is 1. The molecule has 1 aliphatic heterocycles. The Balaban J connectivity index is 1.66. The smallest absolute Gasteiger partial charge is 0.167 e. The topological polar surface area (TPSA) is 87.2 Å². The fourth-order valence-electron chi connectivity index (χ4n) is 3.50. The monoisotopic (exact) mass is 403 g/mol. The van der Waals surface area contributed by atoms with Gasteiger partial charge in [0.15, 0.2) is 11.6 Å². The van der Waals surface area contributed by atoms with Crippen molar-refractivity contribution in [2.75, 3.05) is 24.6 Å². The Morgan fingerprint density at radius 2 is 2.00 bits per heavy atom. The number of anilines is 1. The Morgan fingerprint density at radius 3 is 2.69 bits per heavy atom. The first-order chi connectivity index (χ1) is 13.9. The van der Waals surface area contributed by atoms with Crippen LogP contribution in [0.2, 0.25) is 0 Å². The van der Waals surface area contributed by atoms with Crippen LogP contribution in [0.5, 0.6) is 5.75 Å². The molecule has 154 valence electrons. The van der Waals surface area contributed by atoms with Gasteiger partial charge in [-0.15, -0.1) is 0 Å². The predicted octanol–water partition coefficient (Wildman–Crippen LogP) is 3.25. The summed E-state index contributed by atoms with van der Waals surface area (Å²) in [5, 5.41) is 17.0. The molecule has 1 saturated heterocycles. The van der Waals surface area contributed by atoms with Gasteiger partial charge in [-0.25, -0.2) is 18.7 Å². The van der Waals surface area contributed by atoms with Crippen LogP contribution in [0.3, 0.4) is 0 Å². The van der Waals surface area contributed by atoms with Gasteiger partial charge in [-0.1, -0.05) is 0 Å². The van der Waals surface area contributed by atoms with Crippen LogP contribution in [0.15, 0.2) is 24.5 Å². The highest BCUT2D eigenvalue weighted by atomic mass is 19.1. The zero-order valence-electron chi connectivity index (χ0n) is 16.3. The SMILES string of the molecule is CC(C)Oc1cc2c(-c3cc(N4CCC(F)(CO)CC4)ncn3)n[nH]c2cc1F. The van der Waals surface area contributed by atoms with Crippen molar-refractivity contribution in [3.8, 4) is 17.1 Å². The van der Waals surface area contributed by atoms with E-state index in [9.17, 15) is 13.9 Å². The first-order valence-corrected chi connectivity index (χ1v) is 9.60. The minimum absolute atomic E-state index is 0.156. The van der Waals surface area contributed by atoms with Crippen LogP contribution in [0.4, 0.5) is 14.6 Å². The van der Waals surface area contributed by atoms with Crippen LogP contribution < -0.4 is 9.64 Å².